The molecule has 60 heavy (non-hydrogen) atoms. The van der Waals surface area contributed by atoms with Gasteiger partial charge in [-0.15, -0.1) is 0 Å². The highest BCUT2D eigenvalue weighted by atomic mass is 15.0. The third kappa shape index (κ3) is 5.28. The Bertz CT molecular complexity index is 3550. The normalized spacial score (nSPS) is 11.8. The second-order valence-electron chi connectivity index (χ2n) is 15.9. The Morgan fingerprint density at radius 2 is 0.667 bits per heavy atom. The molecule has 2 aromatic heterocycles. The van der Waals surface area contributed by atoms with Crippen LogP contribution in [-0.4, -0.2) is 9.13 Å². The third-order valence-electron chi connectivity index (χ3n) is 12.7. The van der Waals surface area contributed by atoms with Crippen molar-refractivity contribution in [2.75, 3.05) is 0 Å². The molecule has 2 nitrogen and oxygen atoms in total. The van der Waals surface area contributed by atoms with Crippen molar-refractivity contribution in [2.45, 2.75) is 13.3 Å². The first-order chi connectivity index (χ1) is 29.7. The molecule has 2 heterocycles. The lowest BCUT2D eigenvalue weighted by Gasteiger charge is -2.18. The lowest BCUT2D eigenvalue weighted by molar-refractivity contribution is 1.14. The first kappa shape index (κ1) is 34.4. The molecule has 0 atom stereocenters. The maximum Gasteiger partial charge on any atom is 0.0541 e. The average Bonchev–Trinajstić information content (AvgIpc) is 3.83. The van der Waals surface area contributed by atoms with Crippen molar-refractivity contribution in [1.82, 2.24) is 9.13 Å². The number of hydrogen-bond acceptors (Lipinski definition) is 0. The lowest BCUT2D eigenvalue weighted by Crippen LogP contribution is -1.95. The minimum Gasteiger partial charge on any atom is -0.309 e. The van der Waals surface area contributed by atoms with E-state index in [1.54, 1.807) is 0 Å². The van der Waals surface area contributed by atoms with Gasteiger partial charge in [-0.1, -0.05) is 153 Å². The summed E-state index contributed by atoms with van der Waals surface area (Å²) >= 11 is 0. The van der Waals surface area contributed by atoms with Crippen LogP contribution in [0.15, 0.2) is 212 Å². The van der Waals surface area contributed by atoms with E-state index in [2.05, 4.69) is 228 Å². The van der Waals surface area contributed by atoms with Crippen molar-refractivity contribution in [2.24, 2.45) is 0 Å². The Kier molecular flexibility index (Phi) is 7.86. The molecular formula is C58H40N2. The number of aryl methyl sites for hydroxylation is 1. The number of fused-ring (bicyclic) bond motifs is 8. The van der Waals surface area contributed by atoms with Crippen molar-refractivity contribution in [3.63, 3.8) is 0 Å². The van der Waals surface area contributed by atoms with Gasteiger partial charge in [0.2, 0.25) is 0 Å². The summed E-state index contributed by atoms with van der Waals surface area (Å²) in [6.45, 7) is 2.23. The molecule has 0 spiro atoms. The Morgan fingerprint density at radius 3 is 1.22 bits per heavy atom. The van der Waals surface area contributed by atoms with Crippen LogP contribution in [0.4, 0.5) is 0 Å². The standard InChI is InChI=1S/C58H40N2/c1-2-38-25-32-54-50(35-38)52-37-42(29-34-56(52)59(54)43-17-7-4-8-18-43)41-28-33-55-51(36-41)45-19-13-14-24-53(45)60(55)44-30-26-40(27-31-44)58-48-22-11-9-20-46(48)57(39-15-5-3-6-16-39)47-21-10-12-23-49(47)58/h3-37H,2H2,1H3. The van der Waals surface area contributed by atoms with Crippen LogP contribution in [0.5, 0.6) is 0 Å². The number of rotatable bonds is 6. The summed E-state index contributed by atoms with van der Waals surface area (Å²) in [5, 5.41) is 10.1. The van der Waals surface area contributed by atoms with Gasteiger partial charge in [0, 0.05) is 32.9 Å². The van der Waals surface area contributed by atoms with E-state index in [1.807, 2.05) is 0 Å². The molecule has 282 valence electrons. The van der Waals surface area contributed by atoms with E-state index >= 15 is 0 Å². The maximum absolute atomic E-state index is 2.43. The number of nitrogens with zero attached hydrogens (tertiary/aromatic N) is 2. The molecule has 0 aliphatic heterocycles. The van der Waals surface area contributed by atoms with Crippen molar-refractivity contribution >= 4 is 65.2 Å². The zero-order valence-corrected chi connectivity index (χ0v) is 33.3. The smallest absolute Gasteiger partial charge is 0.0541 e. The molecule has 0 bridgehead atoms. The van der Waals surface area contributed by atoms with E-state index in [4.69, 9.17) is 0 Å². The van der Waals surface area contributed by atoms with Gasteiger partial charge in [-0.3, -0.25) is 0 Å². The lowest BCUT2D eigenvalue weighted by atomic mass is 9.86. The van der Waals surface area contributed by atoms with Crippen molar-refractivity contribution in [3.05, 3.63) is 218 Å². The van der Waals surface area contributed by atoms with Crippen LogP contribution in [0.25, 0.3) is 110 Å². The summed E-state index contributed by atoms with van der Waals surface area (Å²) in [7, 11) is 0. The summed E-state index contributed by atoms with van der Waals surface area (Å²) in [6.07, 6.45) is 1.01. The number of benzene rings is 10. The second kappa shape index (κ2) is 13.7. The van der Waals surface area contributed by atoms with Gasteiger partial charge in [0.25, 0.3) is 0 Å². The van der Waals surface area contributed by atoms with E-state index in [1.165, 1.54) is 110 Å². The highest BCUT2D eigenvalue weighted by Crippen LogP contribution is 2.44. The fraction of sp³-hybridized carbons (Fsp3) is 0.0345. The molecule has 12 rings (SSSR count). The molecule has 0 aliphatic carbocycles. The van der Waals surface area contributed by atoms with Crippen LogP contribution in [0, 0.1) is 0 Å². The maximum atomic E-state index is 2.43. The van der Waals surface area contributed by atoms with Gasteiger partial charge >= 0.3 is 0 Å². The Labute approximate surface area is 348 Å². The summed E-state index contributed by atoms with van der Waals surface area (Å²) in [5.74, 6) is 0. The third-order valence-corrected chi connectivity index (χ3v) is 12.7. The molecular weight excluding hydrogens is 725 g/mol. The molecule has 0 saturated heterocycles. The number of aromatic nitrogens is 2. The summed E-state index contributed by atoms with van der Waals surface area (Å²) < 4.78 is 4.83. The van der Waals surface area contributed by atoms with Crippen LogP contribution in [0.2, 0.25) is 0 Å². The van der Waals surface area contributed by atoms with Crippen LogP contribution >= 0.6 is 0 Å². The van der Waals surface area contributed by atoms with E-state index in [0.29, 0.717) is 0 Å². The Morgan fingerprint density at radius 1 is 0.283 bits per heavy atom. The Hall–Kier alpha value is -7.68. The first-order valence-corrected chi connectivity index (χ1v) is 21.0. The second-order valence-corrected chi connectivity index (χ2v) is 15.9. The van der Waals surface area contributed by atoms with E-state index in [-0.39, 0.29) is 0 Å². The van der Waals surface area contributed by atoms with Crippen molar-refractivity contribution < 1.29 is 0 Å². The predicted molar refractivity (Wildman–Crippen MR) is 256 cm³/mol. The number of para-hydroxylation sites is 2. The largest absolute Gasteiger partial charge is 0.309 e. The fourth-order valence-electron chi connectivity index (χ4n) is 9.89. The summed E-state index contributed by atoms with van der Waals surface area (Å²) in [6, 6.07) is 78.3. The zero-order valence-electron chi connectivity index (χ0n) is 33.3. The molecule has 12 aromatic rings. The van der Waals surface area contributed by atoms with Gasteiger partial charge in [0.05, 0.1) is 22.1 Å². The quantitative estimate of drug-likeness (QED) is 0.149. The average molecular weight is 765 g/mol. The molecule has 10 aromatic carbocycles. The minimum absolute atomic E-state index is 1.01. The van der Waals surface area contributed by atoms with Crippen LogP contribution in [-0.2, 0) is 6.42 Å². The zero-order chi connectivity index (χ0) is 39.7. The highest BCUT2D eigenvalue weighted by Gasteiger charge is 2.19. The van der Waals surface area contributed by atoms with Gasteiger partial charge in [0.15, 0.2) is 0 Å². The summed E-state index contributed by atoms with van der Waals surface area (Å²) in [5.41, 5.74) is 16.0. The van der Waals surface area contributed by atoms with Gasteiger partial charge in [-0.2, -0.15) is 0 Å². The van der Waals surface area contributed by atoms with Crippen molar-refractivity contribution in [1.29, 1.82) is 0 Å². The molecule has 0 radical (unpaired) electrons. The molecule has 0 amide bonds. The molecule has 2 heteroatoms. The van der Waals surface area contributed by atoms with Crippen molar-refractivity contribution in [3.8, 4) is 44.8 Å². The van der Waals surface area contributed by atoms with Crippen LogP contribution < -0.4 is 0 Å². The molecule has 0 fully saturated rings. The topological polar surface area (TPSA) is 9.86 Å². The van der Waals surface area contributed by atoms with E-state index in [0.717, 1.165) is 12.1 Å². The SMILES string of the molecule is CCc1ccc2c(c1)c1cc(-c3ccc4c(c3)c3ccccc3n4-c3ccc(-c4c5ccccc5c(-c5ccccc5)c5ccccc45)cc3)ccc1n2-c1ccccc1. The predicted octanol–water partition coefficient (Wildman–Crippen LogP) is 15.8. The molecule has 0 N–H and O–H groups in total. The van der Waals surface area contributed by atoms with Gasteiger partial charge in [0.1, 0.15) is 0 Å². The monoisotopic (exact) mass is 764 g/mol. The molecule has 0 aliphatic rings. The van der Waals surface area contributed by atoms with Crippen LogP contribution in [0.3, 0.4) is 0 Å². The molecule has 0 saturated carbocycles. The van der Waals surface area contributed by atoms with E-state index < -0.39 is 0 Å². The minimum atomic E-state index is 1.01. The first-order valence-electron chi connectivity index (χ1n) is 21.0. The Balaban J connectivity index is 0.994. The van der Waals surface area contributed by atoms with Gasteiger partial charge in [-0.05, 0) is 134 Å². The molecule has 0 unspecified atom stereocenters. The van der Waals surface area contributed by atoms with Crippen LogP contribution in [0.1, 0.15) is 12.5 Å². The van der Waals surface area contributed by atoms with Gasteiger partial charge < -0.3 is 9.13 Å². The fourth-order valence-corrected chi connectivity index (χ4v) is 9.89. The van der Waals surface area contributed by atoms with Gasteiger partial charge in [-0.25, -0.2) is 0 Å². The summed E-state index contributed by atoms with van der Waals surface area (Å²) in [4.78, 5) is 0. The number of hydrogen-bond donors (Lipinski definition) is 0. The highest BCUT2D eigenvalue weighted by molar-refractivity contribution is 6.21. The van der Waals surface area contributed by atoms with E-state index in [9.17, 15) is 0 Å².